The lowest BCUT2D eigenvalue weighted by Crippen LogP contribution is -2.25. The van der Waals surface area contributed by atoms with Crippen LogP contribution >= 0.6 is 0 Å². The van der Waals surface area contributed by atoms with Gasteiger partial charge >= 0.3 is 0 Å². The van der Waals surface area contributed by atoms with E-state index in [4.69, 9.17) is 0 Å². The van der Waals surface area contributed by atoms with Crippen LogP contribution in [0.5, 0.6) is 0 Å². The van der Waals surface area contributed by atoms with E-state index in [9.17, 15) is 4.79 Å². The molecule has 1 amide bonds. The summed E-state index contributed by atoms with van der Waals surface area (Å²) in [5.41, 5.74) is 0.265. The van der Waals surface area contributed by atoms with Gasteiger partial charge in [0.15, 0.2) is 11.5 Å². The highest BCUT2D eigenvalue weighted by atomic mass is 16.1. The number of anilines is 1. The lowest BCUT2D eigenvalue weighted by Gasteiger charge is -2.05. The maximum Gasteiger partial charge on any atom is 0.272 e. The SMILES string of the molecule is CCn1cnnc1CNC(=O)c1ccc(NC)nn1. The van der Waals surface area contributed by atoms with Gasteiger partial charge in [0, 0.05) is 13.6 Å². The molecule has 2 rings (SSSR count). The average Bonchev–Trinajstić information content (AvgIpc) is 2.92. The molecular formula is C11H15N7O. The lowest BCUT2D eigenvalue weighted by molar-refractivity contribution is 0.0943. The highest BCUT2D eigenvalue weighted by molar-refractivity contribution is 5.92. The van der Waals surface area contributed by atoms with Gasteiger partial charge in [0.25, 0.3) is 5.91 Å². The molecule has 100 valence electrons. The lowest BCUT2D eigenvalue weighted by atomic mass is 10.3. The Bertz CT molecular complexity index is 548. The minimum atomic E-state index is -0.291. The second-order valence-corrected chi connectivity index (χ2v) is 3.77. The Hall–Kier alpha value is -2.51. The van der Waals surface area contributed by atoms with E-state index in [-0.39, 0.29) is 11.6 Å². The van der Waals surface area contributed by atoms with Crippen molar-refractivity contribution in [3.8, 4) is 0 Å². The minimum Gasteiger partial charge on any atom is -0.372 e. The third-order valence-electron chi connectivity index (χ3n) is 2.60. The number of rotatable bonds is 5. The van der Waals surface area contributed by atoms with Crippen molar-refractivity contribution in [3.63, 3.8) is 0 Å². The van der Waals surface area contributed by atoms with Crippen LogP contribution in [-0.4, -0.2) is 37.9 Å². The summed E-state index contributed by atoms with van der Waals surface area (Å²) < 4.78 is 1.86. The molecule has 19 heavy (non-hydrogen) atoms. The van der Waals surface area contributed by atoms with Gasteiger partial charge in [-0.15, -0.1) is 20.4 Å². The Balaban J connectivity index is 1.97. The molecule has 2 aromatic heterocycles. The molecular weight excluding hydrogens is 246 g/mol. The molecule has 0 aliphatic carbocycles. The molecule has 0 fully saturated rings. The van der Waals surface area contributed by atoms with Crippen molar-refractivity contribution in [1.29, 1.82) is 0 Å². The van der Waals surface area contributed by atoms with Crippen molar-refractivity contribution >= 4 is 11.7 Å². The monoisotopic (exact) mass is 261 g/mol. The van der Waals surface area contributed by atoms with Gasteiger partial charge in [0.1, 0.15) is 12.1 Å². The first-order valence-corrected chi connectivity index (χ1v) is 5.91. The molecule has 2 heterocycles. The van der Waals surface area contributed by atoms with Gasteiger partial charge in [-0.3, -0.25) is 4.79 Å². The zero-order chi connectivity index (χ0) is 13.7. The Morgan fingerprint density at radius 1 is 1.32 bits per heavy atom. The second-order valence-electron chi connectivity index (χ2n) is 3.77. The van der Waals surface area contributed by atoms with Crippen LogP contribution in [-0.2, 0) is 13.1 Å². The third kappa shape index (κ3) is 3.03. The minimum absolute atomic E-state index is 0.265. The van der Waals surface area contributed by atoms with Crippen molar-refractivity contribution in [1.82, 2.24) is 30.3 Å². The standard InChI is InChI=1S/C11H15N7O/c1-3-18-7-14-17-10(18)6-13-11(19)8-4-5-9(12-2)16-15-8/h4-5,7H,3,6H2,1-2H3,(H,12,16)(H,13,19). The Morgan fingerprint density at radius 3 is 2.79 bits per heavy atom. The van der Waals surface area contributed by atoms with E-state index < -0.39 is 0 Å². The van der Waals surface area contributed by atoms with Gasteiger partial charge in [-0.05, 0) is 19.1 Å². The summed E-state index contributed by atoms with van der Waals surface area (Å²) in [6.45, 7) is 3.05. The third-order valence-corrected chi connectivity index (χ3v) is 2.60. The molecule has 0 saturated carbocycles. The Morgan fingerprint density at radius 2 is 2.16 bits per heavy atom. The maximum atomic E-state index is 11.8. The van der Waals surface area contributed by atoms with Crippen molar-refractivity contribution in [2.45, 2.75) is 20.0 Å². The van der Waals surface area contributed by atoms with Crippen LogP contribution in [0.25, 0.3) is 0 Å². The smallest absolute Gasteiger partial charge is 0.272 e. The van der Waals surface area contributed by atoms with Crippen LogP contribution in [0.3, 0.4) is 0 Å². The molecule has 0 saturated heterocycles. The van der Waals surface area contributed by atoms with E-state index in [0.717, 1.165) is 6.54 Å². The topological polar surface area (TPSA) is 97.6 Å². The summed E-state index contributed by atoms with van der Waals surface area (Å²) in [6, 6.07) is 3.30. The molecule has 0 aromatic carbocycles. The number of aryl methyl sites for hydroxylation is 1. The molecule has 0 aliphatic rings. The van der Waals surface area contributed by atoms with E-state index in [0.29, 0.717) is 18.2 Å². The van der Waals surface area contributed by atoms with Crippen molar-refractivity contribution in [2.75, 3.05) is 12.4 Å². The van der Waals surface area contributed by atoms with Crippen molar-refractivity contribution in [3.05, 3.63) is 30.0 Å². The van der Waals surface area contributed by atoms with Crippen LogP contribution in [0.4, 0.5) is 5.82 Å². The predicted molar refractivity (Wildman–Crippen MR) is 68.4 cm³/mol. The van der Waals surface area contributed by atoms with Crippen LogP contribution in [0, 0.1) is 0 Å². The van der Waals surface area contributed by atoms with E-state index in [1.807, 2.05) is 11.5 Å². The highest BCUT2D eigenvalue weighted by Gasteiger charge is 2.09. The number of carbonyl (C=O) groups is 1. The first-order chi connectivity index (χ1) is 9.24. The fraction of sp³-hybridized carbons (Fsp3) is 0.364. The van der Waals surface area contributed by atoms with Crippen molar-refractivity contribution in [2.24, 2.45) is 0 Å². The largest absolute Gasteiger partial charge is 0.372 e. The molecule has 0 unspecified atom stereocenters. The molecule has 0 spiro atoms. The fourth-order valence-electron chi connectivity index (χ4n) is 1.52. The summed E-state index contributed by atoms with van der Waals surface area (Å²) >= 11 is 0. The average molecular weight is 261 g/mol. The zero-order valence-electron chi connectivity index (χ0n) is 10.8. The molecule has 8 nitrogen and oxygen atoms in total. The number of hydrogen-bond acceptors (Lipinski definition) is 6. The van der Waals surface area contributed by atoms with Crippen LogP contribution in [0.1, 0.15) is 23.2 Å². The summed E-state index contributed by atoms with van der Waals surface area (Å²) in [5.74, 6) is 1.03. The van der Waals surface area contributed by atoms with Crippen molar-refractivity contribution < 1.29 is 4.79 Å². The molecule has 8 heteroatoms. The highest BCUT2D eigenvalue weighted by Crippen LogP contribution is 2.01. The number of carbonyl (C=O) groups excluding carboxylic acids is 1. The van der Waals surface area contributed by atoms with Gasteiger partial charge in [-0.1, -0.05) is 0 Å². The van der Waals surface area contributed by atoms with Gasteiger partial charge in [0.05, 0.1) is 6.54 Å². The van der Waals surface area contributed by atoms with E-state index in [1.165, 1.54) is 0 Å². The van der Waals surface area contributed by atoms with E-state index in [2.05, 4.69) is 31.0 Å². The first kappa shape index (κ1) is 12.9. The Labute approximate surface area is 110 Å². The van der Waals surface area contributed by atoms with E-state index in [1.54, 1.807) is 25.5 Å². The zero-order valence-corrected chi connectivity index (χ0v) is 10.8. The van der Waals surface area contributed by atoms with Crippen LogP contribution in [0.2, 0.25) is 0 Å². The number of hydrogen-bond donors (Lipinski definition) is 2. The Kier molecular flexibility index (Phi) is 4.01. The summed E-state index contributed by atoms with van der Waals surface area (Å²) in [7, 11) is 1.74. The van der Waals surface area contributed by atoms with Crippen LogP contribution < -0.4 is 10.6 Å². The first-order valence-electron chi connectivity index (χ1n) is 5.91. The van der Waals surface area contributed by atoms with Gasteiger partial charge in [-0.2, -0.15) is 0 Å². The molecule has 0 atom stereocenters. The van der Waals surface area contributed by atoms with Crippen LogP contribution in [0.15, 0.2) is 18.5 Å². The number of nitrogens with zero attached hydrogens (tertiary/aromatic N) is 5. The fourth-order valence-corrected chi connectivity index (χ4v) is 1.52. The number of amides is 1. The quantitative estimate of drug-likeness (QED) is 0.789. The molecule has 2 N–H and O–H groups in total. The molecule has 0 radical (unpaired) electrons. The summed E-state index contributed by atoms with van der Waals surface area (Å²) in [5, 5.41) is 21.0. The molecule has 0 aliphatic heterocycles. The van der Waals surface area contributed by atoms with Gasteiger partial charge < -0.3 is 15.2 Å². The molecule has 0 bridgehead atoms. The molecule has 2 aromatic rings. The normalized spacial score (nSPS) is 10.2. The number of nitrogens with one attached hydrogen (secondary N) is 2. The van der Waals surface area contributed by atoms with Gasteiger partial charge in [-0.25, -0.2) is 0 Å². The van der Waals surface area contributed by atoms with E-state index >= 15 is 0 Å². The predicted octanol–water partition coefficient (Wildman–Crippen LogP) is 0.0597. The number of aromatic nitrogens is 5. The summed E-state index contributed by atoms with van der Waals surface area (Å²) in [6.07, 6.45) is 1.63. The maximum absolute atomic E-state index is 11.8. The summed E-state index contributed by atoms with van der Waals surface area (Å²) in [4.78, 5) is 11.8. The van der Waals surface area contributed by atoms with Gasteiger partial charge in [0.2, 0.25) is 0 Å². The second kappa shape index (κ2) is 5.89.